The second-order valence-electron chi connectivity index (χ2n) is 5.46. The topological polar surface area (TPSA) is 64.7 Å². The number of aryl methyl sites for hydroxylation is 2. The van der Waals surface area contributed by atoms with Crippen LogP contribution in [0, 0.1) is 6.92 Å². The Morgan fingerprint density at radius 2 is 1.96 bits per heavy atom. The highest BCUT2D eigenvalue weighted by atomic mass is 16.1. The molecule has 3 rings (SSSR count). The van der Waals surface area contributed by atoms with Crippen molar-refractivity contribution >= 4 is 5.91 Å². The molecule has 0 spiro atoms. The summed E-state index contributed by atoms with van der Waals surface area (Å²) in [6.07, 6.45) is 6.29. The number of carbonyl (C=O) groups is 1. The highest BCUT2D eigenvalue weighted by Gasteiger charge is 2.07. The molecule has 0 atom stereocenters. The van der Waals surface area contributed by atoms with Crippen molar-refractivity contribution in [2.75, 3.05) is 6.54 Å². The van der Waals surface area contributed by atoms with Crippen LogP contribution < -0.4 is 5.32 Å². The van der Waals surface area contributed by atoms with Crippen molar-refractivity contribution in [3.63, 3.8) is 0 Å². The van der Waals surface area contributed by atoms with Gasteiger partial charge in [0.1, 0.15) is 0 Å². The summed E-state index contributed by atoms with van der Waals surface area (Å²) in [5.74, 6) is -0.0716. The number of hydrogen-bond acceptors (Lipinski definition) is 3. The van der Waals surface area contributed by atoms with Crippen LogP contribution in [0.2, 0.25) is 0 Å². The number of nitrogens with one attached hydrogen (secondary N) is 1. The summed E-state index contributed by atoms with van der Waals surface area (Å²) in [7, 11) is 1.88. The lowest BCUT2D eigenvalue weighted by atomic mass is 10.2. The van der Waals surface area contributed by atoms with Gasteiger partial charge in [-0.1, -0.05) is 0 Å². The van der Waals surface area contributed by atoms with E-state index in [1.54, 1.807) is 10.9 Å². The zero-order chi connectivity index (χ0) is 16.2. The second kappa shape index (κ2) is 6.48. The predicted octanol–water partition coefficient (Wildman–Crippen LogP) is 1.89. The third-order valence-electron chi connectivity index (χ3n) is 3.66. The van der Waals surface area contributed by atoms with Gasteiger partial charge in [-0.2, -0.15) is 10.2 Å². The molecule has 1 N–H and O–H groups in total. The van der Waals surface area contributed by atoms with Crippen LogP contribution in [0.3, 0.4) is 0 Å². The van der Waals surface area contributed by atoms with E-state index in [1.165, 1.54) is 0 Å². The number of hydrogen-bond donors (Lipinski definition) is 1. The standard InChI is InChI=1S/C17H19N5O/c1-13-7-10-19-22(13)16-5-3-15(4-6-16)17(23)18-9-8-14-11-20-21(2)12-14/h3-7,10-12H,8-9H2,1-2H3,(H,18,23). The van der Waals surface area contributed by atoms with Crippen LogP contribution in [0.25, 0.3) is 5.69 Å². The molecule has 0 saturated heterocycles. The minimum absolute atomic E-state index is 0.0716. The first-order valence-corrected chi connectivity index (χ1v) is 7.50. The monoisotopic (exact) mass is 309 g/mol. The summed E-state index contributed by atoms with van der Waals surface area (Å²) < 4.78 is 3.59. The average Bonchev–Trinajstić information content (AvgIpc) is 3.16. The van der Waals surface area contributed by atoms with E-state index in [1.807, 2.05) is 61.4 Å². The van der Waals surface area contributed by atoms with E-state index in [0.717, 1.165) is 23.4 Å². The summed E-state index contributed by atoms with van der Waals surface area (Å²) in [5, 5.41) is 11.3. The van der Waals surface area contributed by atoms with Crippen molar-refractivity contribution < 1.29 is 4.79 Å². The quantitative estimate of drug-likeness (QED) is 0.783. The minimum Gasteiger partial charge on any atom is -0.352 e. The van der Waals surface area contributed by atoms with Gasteiger partial charge in [-0.15, -0.1) is 0 Å². The van der Waals surface area contributed by atoms with Crippen LogP contribution in [-0.2, 0) is 13.5 Å². The molecular weight excluding hydrogens is 290 g/mol. The molecule has 2 heterocycles. The Hall–Kier alpha value is -2.89. The summed E-state index contributed by atoms with van der Waals surface area (Å²) in [6, 6.07) is 9.37. The molecular formula is C17H19N5O. The zero-order valence-electron chi connectivity index (χ0n) is 13.2. The third kappa shape index (κ3) is 3.48. The third-order valence-corrected chi connectivity index (χ3v) is 3.66. The predicted molar refractivity (Wildman–Crippen MR) is 87.5 cm³/mol. The van der Waals surface area contributed by atoms with E-state index >= 15 is 0 Å². The molecule has 0 unspecified atom stereocenters. The van der Waals surface area contributed by atoms with Gasteiger partial charge < -0.3 is 5.32 Å². The van der Waals surface area contributed by atoms with Gasteiger partial charge >= 0.3 is 0 Å². The molecule has 3 aromatic rings. The van der Waals surface area contributed by atoms with Crippen molar-refractivity contribution in [3.05, 3.63) is 65.7 Å². The molecule has 0 bridgehead atoms. The van der Waals surface area contributed by atoms with Crippen molar-refractivity contribution in [2.24, 2.45) is 7.05 Å². The fraction of sp³-hybridized carbons (Fsp3) is 0.235. The van der Waals surface area contributed by atoms with Gasteiger partial charge in [0.25, 0.3) is 5.91 Å². The van der Waals surface area contributed by atoms with Crippen molar-refractivity contribution in [3.8, 4) is 5.69 Å². The Morgan fingerprint density at radius 1 is 1.17 bits per heavy atom. The molecule has 118 valence electrons. The lowest BCUT2D eigenvalue weighted by Gasteiger charge is -2.07. The first-order valence-electron chi connectivity index (χ1n) is 7.50. The molecule has 1 aromatic carbocycles. The summed E-state index contributed by atoms with van der Waals surface area (Å²) in [6.45, 7) is 2.58. The first kappa shape index (κ1) is 15.0. The number of rotatable bonds is 5. The number of benzene rings is 1. The maximum Gasteiger partial charge on any atom is 0.251 e. The van der Waals surface area contributed by atoms with E-state index in [9.17, 15) is 4.79 Å². The smallest absolute Gasteiger partial charge is 0.251 e. The lowest BCUT2D eigenvalue weighted by molar-refractivity contribution is 0.0954. The molecule has 23 heavy (non-hydrogen) atoms. The molecule has 0 saturated carbocycles. The normalized spacial score (nSPS) is 10.7. The molecule has 0 aliphatic carbocycles. The molecule has 0 radical (unpaired) electrons. The van der Waals surface area contributed by atoms with E-state index in [-0.39, 0.29) is 5.91 Å². The van der Waals surface area contributed by atoms with E-state index < -0.39 is 0 Å². The Morgan fingerprint density at radius 3 is 2.57 bits per heavy atom. The van der Waals surface area contributed by atoms with E-state index in [0.29, 0.717) is 12.1 Å². The number of aromatic nitrogens is 4. The van der Waals surface area contributed by atoms with Crippen LogP contribution >= 0.6 is 0 Å². The number of nitrogens with zero attached hydrogens (tertiary/aromatic N) is 4. The van der Waals surface area contributed by atoms with Crippen LogP contribution in [0.15, 0.2) is 48.9 Å². The summed E-state index contributed by atoms with van der Waals surface area (Å²) in [4.78, 5) is 12.2. The Labute approximate surface area is 134 Å². The Balaban J connectivity index is 1.58. The number of carbonyl (C=O) groups excluding carboxylic acids is 1. The lowest BCUT2D eigenvalue weighted by Crippen LogP contribution is -2.25. The second-order valence-corrected chi connectivity index (χ2v) is 5.46. The van der Waals surface area contributed by atoms with E-state index in [4.69, 9.17) is 0 Å². The highest BCUT2D eigenvalue weighted by Crippen LogP contribution is 2.11. The van der Waals surface area contributed by atoms with Crippen LogP contribution in [0.5, 0.6) is 0 Å². The molecule has 0 fully saturated rings. The van der Waals surface area contributed by atoms with Crippen LogP contribution in [0.1, 0.15) is 21.6 Å². The minimum atomic E-state index is -0.0716. The van der Waals surface area contributed by atoms with E-state index in [2.05, 4.69) is 15.5 Å². The zero-order valence-corrected chi connectivity index (χ0v) is 13.2. The molecule has 0 aliphatic heterocycles. The Kier molecular flexibility index (Phi) is 4.23. The van der Waals surface area contributed by atoms with Crippen molar-refractivity contribution in [1.82, 2.24) is 24.9 Å². The molecule has 2 aromatic heterocycles. The van der Waals surface area contributed by atoms with Gasteiger partial charge in [0, 0.05) is 37.2 Å². The largest absolute Gasteiger partial charge is 0.352 e. The van der Waals surface area contributed by atoms with Gasteiger partial charge in [0.05, 0.1) is 11.9 Å². The average molecular weight is 309 g/mol. The molecule has 6 heteroatoms. The summed E-state index contributed by atoms with van der Waals surface area (Å²) >= 11 is 0. The van der Waals surface area contributed by atoms with Crippen molar-refractivity contribution in [1.29, 1.82) is 0 Å². The van der Waals surface area contributed by atoms with Gasteiger partial charge in [0.15, 0.2) is 0 Å². The molecule has 6 nitrogen and oxygen atoms in total. The van der Waals surface area contributed by atoms with Gasteiger partial charge in [-0.3, -0.25) is 9.48 Å². The fourth-order valence-corrected chi connectivity index (χ4v) is 2.42. The molecule has 1 amide bonds. The van der Waals surface area contributed by atoms with Crippen LogP contribution in [0.4, 0.5) is 0 Å². The van der Waals surface area contributed by atoms with Crippen molar-refractivity contribution in [2.45, 2.75) is 13.3 Å². The SMILES string of the molecule is Cc1ccnn1-c1ccc(C(=O)NCCc2cnn(C)c2)cc1. The van der Waals surface area contributed by atoms with Gasteiger partial charge in [-0.25, -0.2) is 4.68 Å². The van der Waals surface area contributed by atoms with Gasteiger partial charge in [0.2, 0.25) is 0 Å². The fourth-order valence-electron chi connectivity index (χ4n) is 2.42. The van der Waals surface area contributed by atoms with Crippen LogP contribution in [-0.4, -0.2) is 32.0 Å². The Bertz CT molecular complexity index is 801. The molecule has 0 aliphatic rings. The summed E-state index contributed by atoms with van der Waals surface area (Å²) in [5.41, 5.74) is 3.75. The first-order chi connectivity index (χ1) is 11.1. The maximum atomic E-state index is 12.2. The van der Waals surface area contributed by atoms with Gasteiger partial charge in [-0.05, 0) is 49.2 Å². The maximum absolute atomic E-state index is 12.2. The highest BCUT2D eigenvalue weighted by molar-refractivity contribution is 5.94. The number of amides is 1.